The molecule has 0 aromatic heterocycles. The third-order valence-corrected chi connectivity index (χ3v) is 3.08. The molecular formula is C14H11ClN2. The Hall–Kier alpha value is -1.80. The first-order chi connectivity index (χ1) is 8.24. The van der Waals surface area contributed by atoms with Crippen LogP contribution in [0.15, 0.2) is 47.5 Å². The maximum atomic E-state index is 6.24. The smallest absolute Gasteiger partial charge is 0.139 e. The Morgan fingerprint density at radius 3 is 2.76 bits per heavy atom. The molecular weight excluding hydrogens is 232 g/mol. The Morgan fingerprint density at radius 1 is 1.06 bits per heavy atom. The number of aliphatic imine (C=N–C) groups is 1. The second-order valence-corrected chi connectivity index (χ2v) is 4.45. The van der Waals surface area contributed by atoms with Gasteiger partial charge in [0.05, 0.1) is 11.4 Å². The zero-order valence-corrected chi connectivity index (χ0v) is 10.1. The van der Waals surface area contributed by atoms with Crippen LogP contribution >= 0.6 is 11.6 Å². The lowest BCUT2D eigenvalue weighted by Crippen LogP contribution is -1.95. The van der Waals surface area contributed by atoms with Crippen molar-refractivity contribution in [1.82, 2.24) is 0 Å². The number of nitrogens with zero attached hydrogens (tertiary/aromatic N) is 1. The van der Waals surface area contributed by atoms with Crippen LogP contribution in [0, 0.1) is 6.92 Å². The predicted octanol–water partition coefficient (Wildman–Crippen LogP) is 4.37. The monoisotopic (exact) mass is 242 g/mol. The average molecular weight is 243 g/mol. The van der Waals surface area contributed by atoms with Gasteiger partial charge >= 0.3 is 0 Å². The summed E-state index contributed by atoms with van der Waals surface area (Å²) in [6.07, 6.45) is 0. The standard InChI is InChI=1S/C14H11ClN2/c1-9-6-7-12-13(8-9)17-14(15)10-4-2-3-5-11(10)16-12/h2-8,16H,1H3. The Kier molecular flexibility index (Phi) is 2.37. The first-order valence-electron chi connectivity index (χ1n) is 5.45. The van der Waals surface area contributed by atoms with Gasteiger partial charge in [-0.3, -0.25) is 0 Å². The topological polar surface area (TPSA) is 24.4 Å². The van der Waals surface area contributed by atoms with Crippen LogP contribution in [-0.2, 0) is 0 Å². The maximum absolute atomic E-state index is 6.24. The first kappa shape index (κ1) is 10.4. The summed E-state index contributed by atoms with van der Waals surface area (Å²) in [5, 5.41) is 3.89. The molecule has 0 bridgehead atoms. The van der Waals surface area contributed by atoms with Gasteiger partial charge in [-0.25, -0.2) is 4.99 Å². The molecule has 0 unspecified atom stereocenters. The summed E-state index contributed by atoms with van der Waals surface area (Å²) in [6.45, 7) is 2.04. The molecule has 0 spiro atoms. The minimum absolute atomic E-state index is 0.525. The van der Waals surface area contributed by atoms with E-state index in [-0.39, 0.29) is 0 Å². The van der Waals surface area contributed by atoms with Crippen LogP contribution in [-0.4, -0.2) is 5.17 Å². The minimum atomic E-state index is 0.525. The molecule has 0 saturated carbocycles. The summed E-state index contributed by atoms with van der Waals surface area (Å²) < 4.78 is 0. The molecule has 1 N–H and O–H groups in total. The molecule has 2 aromatic rings. The van der Waals surface area contributed by atoms with E-state index >= 15 is 0 Å². The molecule has 1 aliphatic heterocycles. The van der Waals surface area contributed by atoms with Gasteiger partial charge in [0, 0.05) is 11.3 Å². The van der Waals surface area contributed by atoms with E-state index in [0.29, 0.717) is 5.17 Å². The second-order valence-electron chi connectivity index (χ2n) is 4.09. The molecule has 2 nitrogen and oxygen atoms in total. The van der Waals surface area contributed by atoms with Crippen molar-refractivity contribution < 1.29 is 0 Å². The number of hydrogen-bond donors (Lipinski definition) is 1. The van der Waals surface area contributed by atoms with Crippen molar-refractivity contribution in [2.75, 3.05) is 5.32 Å². The van der Waals surface area contributed by atoms with Crippen LogP contribution in [0.2, 0.25) is 0 Å². The van der Waals surface area contributed by atoms with Gasteiger partial charge in [0.25, 0.3) is 0 Å². The molecule has 0 radical (unpaired) electrons. The molecule has 1 aliphatic rings. The van der Waals surface area contributed by atoms with Crippen LogP contribution in [0.1, 0.15) is 11.1 Å². The number of fused-ring (bicyclic) bond motifs is 2. The molecule has 0 fully saturated rings. The Labute approximate surface area is 105 Å². The zero-order valence-electron chi connectivity index (χ0n) is 9.37. The molecule has 0 aliphatic carbocycles. The molecule has 0 atom stereocenters. The van der Waals surface area contributed by atoms with Gasteiger partial charge in [-0.2, -0.15) is 0 Å². The Morgan fingerprint density at radius 2 is 1.88 bits per heavy atom. The summed E-state index contributed by atoms with van der Waals surface area (Å²) >= 11 is 6.24. The Bertz CT molecular complexity index is 617. The maximum Gasteiger partial charge on any atom is 0.139 e. The fourth-order valence-electron chi connectivity index (χ4n) is 1.92. The number of nitrogens with one attached hydrogen (secondary N) is 1. The number of aryl methyl sites for hydroxylation is 1. The fourth-order valence-corrected chi connectivity index (χ4v) is 2.18. The number of halogens is 1. The summed E-state index contributed by atoms with van der Waals surface area (Å²) in [5.41, 5.74) is 4.96. The highest BCUT2D eigenvalue weighted by molar-refractivity contribution is 6.70. The highest BCUT2D eigenvalue weighted by Crippen LogP contribution is 2.35. The molecule has 3 rings (SSSR count). The number of benzene rings is 2. The summed E-state index contributed by atoms with van der Waals surface area (Å²) in [5.74, 6) is 0. The van der Waals surface area contributed by atoms with Gasteiger partial charge in [0.2, 0.25) is 0 Å². The average Bonchev–Trinajstić information content (AvgIpc) is 2.46. The number of hydrogen-bond acceptors (Lipinski definition) is 2. The fraction of sp³-hybridized carbons (Fsp3) is 0.0714. The lowest BCUT2D eigenvalue weighted by Gasteiger charge is -2.08. The van der Waals surface area contributed by atoms with E-state index in [0.717, 1.165) is 22.6 Å². The quantitative estimate of drug-likeness (QED) is 0.729. The number of anilines is 2. The van der Waals surface area contributed by atoms with Crippen molar-refractivity contribution in [2.45, 2.75) is 6.92 Å². The van der Waals surface area contributed by atoms with E-state index in [9.17, 15) is 0 Å². The third kappa shape index (κ3) is 1.81. The highest BCUT2D eigenvalue weighted by atomic mass is 35.5. The van der Waals surface area contributed by atoms with E-state index in [2.05, 4.69) is 16.4 Å². The third-order valence-electron chi connectivity index (χ3n) is 2.79. The first-order valence-corrected chi connectivity index (χ1v) is 5.83. The SMILES string of the molecule is Cc1ccc2c(c1)N=C(Cl)c1ccccc1N2. The Balaban J connectivity index is 2.24. The molecule has 0 amide bonds. The lowest BCUT2D eigenvalue weighted by atomic mass is 10.2. The summed E-state index contributed by atoms with van der Waals surface area (Å²) in [7, 11) is 0. The van der Waals surface area contributed by atoms with Crippen LogP contribution in [0.5, 0.6) is 0 Å². The molecule has 0 saturated heterocycles. The number of para-hydroxylation sites is 1. The van der Waals surface area contributed by atoms with E-state index in [1.165, 1.54) is 5.56 Å². The van der Waals surface area contributed by atoms with Crippen LogP contribution in [0.25, 0.3) is 0 Å². The van der Waals surface area contributed by atoms with Gasteiger partial charge in [-0.15, -0.1) is 0 Å². The lowest BCUT2D eigenvalue weighted by molar-refractivity contribution is 1.42. The molecule has 3 heteroatoms. The van der Waals surface area contributed by atoms with Gasteiger partial charge in [0.15, 0.2) is 0 Å². The molecule has 1 heterocycles. The van der Waals surface area contributed by atoms with Gasteiger partial charge in [0.1, 0.15) is 5.17 Å². The van der Waals surface area contributed by atoms with Crippen molar-refractivity contribution in [3.8, 4) is 0 Å². The molecule has 17 heavy (non-hydrogen) atoms. The summed E-state index contributed by atoms with van der Waals surface area (Å²) in [4.78, 5) is 4.46. The van der Waals surface area contributed by atoms with E-state index < -0.39 is 0 Å². The largest absolute Gasteiger partial charge is 0.353 e. The van der Waals surface area contributed by atoms with E-state index in [1.807, 2.05) is 43.3 Å². The zero-order chi connectivity index (χ0) is 11.8. The highest BCUT2D eigenvalue weighted by Gasteiger charge is 2.13. The van der Waals surface area contributed by atoms with E-state index in [4.69, 9.17) is 11.6 Å². The predicted molar refractivity (Wildman–Crippen MR) is 73.0 cm³/mol. The van der Waals surface area contributed by atoms with Crippen LogP contribution < -0.4 is 5.32 Å². The van der Waals surface area contributed by atoms with Gasteiger partial charge in [-0.05, 0) is 36.8 Å². The number of rotatable bonds is 0. The van der Waals surface area contributed by atoms with Crippen LogP contribution in [0.4, 0.5) is 17.1 Å². The normalized spacial score (nSPS) is 12.9. The van der Waals surface area contributed by atoms with Crippen molar-refractivity contribution in [1.29, 1.82) is 0 Å². The van der Waals surface area contributed by atoms with Crippen LogP contribution in [0.3, 0.4) is 0 Å². The van der Waals surface area contributed by atoms with E-state index in [1.54, 1.807) is 0 Å². The van der Waals surface area contributed by atoms with Crippen molar-refractivity contribution in [3.63, 3.8) is 0 Å². The van der Waals surface area contributed by atoms with Crippen molar-refractivity contribution >= 4 is 33.8 Å². The van der Waals surface area contributed by atoms with Gasteiger partial charge < -0.3 is 5.32 Å². The van der Waals surface area contributed by atoms with Crippen molar-refractivity contribution in [3.05, 3.63) is 53.6 Å². The summed E-state index contributed by atoms with van der Waals surface area (Å²) in [6, 6.07) is 14.0. The van der Waals surface area contributed by atoms with Gasteiger partial charge in [-0.1, -0.05) is 29.8 Å². The molecule has 2 aromatic carbocycles. The molecule has 84 valence electrons. The second kappa shape index (κ2) is 3.90. The minimum Gasteiger partial charge on any atom is -0.353 e. The van der Waals surface area contributed by atoms with Crippen molar-refractivity contribution in [2.24, 2.45) is 4.99 Å².